The molecule has 30 heavy (non-hydrogen) atoms. The Balaban J connectivity index is 0.000000145. The Labute approximate surface area is 180 Å². The first-order chi connectivity index (χ1) is 14.5. The summed E-state index contributed by atoms with van der Waals surface area (Å²) in [6, 6.07) is 0. The molecule has 168 valence electrons. The van der Waals surface area contributed by atoms with Crippen LogP contribution >= 0.6 is 0 Å². The van der Waals surface area contributed by atoms with Crippen LogP contribution < -0.4 is 0 Å². The molecule has 4 saturated carbocycles. The van der Waals surface area contributed by atoms with Crippen LogP contribution in [0.1, 0.15) is 65.2 Å². The highest BCUT2D eigenvalue weighted by Gasteiger charge is 2.50. The summed E-state index contributed by atoms with van der Waals surface area (Å²) in [4.78, 5) is 12.4. The number of epoxide rings is 3. The summed E-state index contributed by atoms with van der Waals surface area (Å²) in [6.45, 7) is 6.13. The van der Waals surface area contributed by atoms with Gasteiger partial charge in [0.1, 0.15) is 0 Å². The van der Waals surface area contributed by atoms with E-state index in [0.717, 1.165) is 43.6 Å². The van der Waals surface area contributed by atoms with Gasteiger partial charge in [-0.2, -0.15) is 0 Å². The van der Waals surface area contributed by atoms with Crippen molar-refractivity contribution in [1.82, 2.24) is 0 Å². The molecule has 3 saturated heterocycles. The third-order valence-electron chi connectivity index (χ3n) is 9.29. The molecule has 0 aromatic rings. The zero-order chi connectivity index (χ0) is 20.4. The summed E-state index contributed by atoms with van der Waals surface area (Å²) in [7, 11) is 0. The maximum atomic E-state index is 12.4. The first-order valence-corrected chi connectivity index (χ1v) is 12.6. The molecule has 0 spiro atoms. The van der Waals surface area contributed by atoms with Gasteiger partial charge in [-0.15, -0.1) is 0 Å². The molecule has 7 aliphatic rings. The Morgan fingerprint density at radius 2 is 1.50 bits per heavy atom. The lowest BCUT2D eigenvalue weighted by Gasteiger charge is -2.29. The van der Waals surface area contributed by atoms with Crippen LogP contribution in [0.25, 0.3) is 0 Å². The van der Waals surface area contributed by atoms with E-state index in [9.17, 15) is 4.79 Å². The van der Waals surface area contributed by atoms with E-state index in [1.807, 2.05) is 0 Å². The van der Waals surface area contributed by atoms with E-state index in [-0.39, 0.29) is 11.9 Å². The lowest BCUT2D eigenvalue weighted by Crippen LogP contribution is -2.32. The molecule has 0 bridgehead atoms. The Bertz CT molecular complexity index is 662. The number of hydrogen-bond acceptors (Lipinski definition) is 5. The molecule has 0 radical (unpaired) electrons. The number of ether oxygens (including phenoxy) is 4. The van der Waals surface area contributed by atoms with Crippen LogP contribution in [0.2, 0.25) is 0 Å². The Kier molecular flexibility index (Phi) is 5.16. The summed E-state index contributed by atoms with van der Waals surface area (Å²) >= 11 is 0. The van der Waals surface area contributed by atoms with Crippen molar-refractivity contribution in [3.05, 3.63) is 0 Å². The molecule has 0 aromatic heterocycles. The van der Waals surface area contributed by atoms with Crippen LogP contribution in [0.3, 0.4) is 0 Å². The van der Waals surface area contributed by atoms with Gasteiger partial charge in [-0.25, -0.2) is 0 Å². The van der Waals surface area contributed by atoms with Crippen molar-refractivity contribution < 1.29 is 23.7 Å². The summed E-state index contributed by atoms with van der Waals surface area (Å²) in [5, 5.41) is 0. The molecule has 0 N–H and O–H groups in total. The largest absolute Gasteiger partial charge is 0.465 e. The van der Waals surface area contributed by atoms with Gasteiger partial charge in [0.25, 0.3) is 0 Å². The van der Waals surface area contributed by atoms with Crippen molar-refractivity contribution in [3.63, 3.8) is 0 Å². The highest BCUT2D eigenvalue weighted by atomic mass is 16.6. The zero-order valence-electron chi connectivity index (χ0n) is 18.5. The molecule has 0 aromatic carbocycles. The summed E-state index contributed by atoms with van der Waals surface area (Å²) in [5.41, 5.74) is 0. The van der Waals surface area contributed by atoms with Crippen molar-refractivity contribution in [1.29, 1.82) is 0 Å². The number of carbonyl (C=O) groups is 1. The standard InChI is InChI=1S/C17H26O3.C8H12O2/c1-9-4-15-16(20-15)7-13(9)8-19-17(18)14-6-12-5-11(12)3-10(14)2;1-2-6-7(10-6)3-5(1)8-4-9-8/h9-16H,3-8H2,1-2H3;5-8H,1-4H2. The summed E-state index contributed by atoms with van der Waals surface area (Å²) in [5.74, 6) is 4.50. The Hall–Kier alpha value is -0.650. The molecule has 4 aliphatic carbocycles. The molecule has 5 nitrogen and oxygen atoms in total. The maximum absolute atomic E-state index is 12.4. The quantitative estimate of drug-likeness (QED) is 0.510. The number of esters is 1. The molecular weight excluding hydrogens is 380 g/mol. The minimum absolute atomic E-state index is 0.0777. The van der Waals surface area contributed by atoms with Gasteiger partial charge in [-0.1, -0.05) is 13.8 Å². The average molecular weight is 419 g/mol. The second-order valence-electron chi connectivity index (χ2n) is 11.5. The minimum atomic E-state index is 0.0777. The number of rotatable bonds is 4. The second kappa shape index (κ2) is 7.74. The fourth-order valence-electron chi connectivity index (χ4n) is 6.73. The summed E-state index contributed by atoms with van der Waals surface area (Å²) < 4.78 is 22.0. The lowest BCUT2D eigenvalue weighted by molar-refractivity contribution is -0.153. The number of carbonyl (C=O) groups excluding carboxylic acids is 1. The van der Waals surface area contributed by atoms with E-state index < -0.39 is 0 Å². The average Bonchev–Trinajstić information content (AvgIpc) is 3.58. The van der Waals surface area contributed by atoms with Crippen molar-refractivity contribution in [2.45, 2.75) is 95.7 Å². The van der Waals surface area contributed by atoms with Crippen LogP contribution in [0.5, 0.6) is 0 Å². The van der Waals surface area contributed by atoms with Gasteiger partial charge in [0.05, 0.1) is 49.7 Å². The normalized spacial score (nSPS) is 54.3. The van der Waals surface area contributed by atoms with Crippen molar-refractivity contribution in [3.8, 4) is 0 Å². The third-order valence-corrected chi connectivity index (χ3v) is 9.29. The Morgan fingerprint density at radius 3 is 2.30 bits per heavy atom. The van der Waals surface area contributed by atoms with Gasteiger partial charge in [-0.05, 0) is 86.9 Å². The van der Waals surface area contributed by atoms with Crippen LogP contribution in [-0.2, 0) is 23.7 Å². The van der Waals surface area contributed by atoms with Crippen LogP contribution in [0.15, 0.2) is 0 Å². The molecule has 0 amide bonds. The van der Waals surface area contributed by atoms with Gasteiger partial charge in [0, 0.05) is 0 Å². The van der Waals surface area contributed by atoms with Crippen molar-refractivity contribution in [2.75, 3.05) is 13.2 Å². The number of hydrogen-bond donors (Lipinski definition) is 0. The second-order valence-corrected chi connectivity index (χ2v) is 11.5. The van der Waals surface area contributed by atoms with Gasteiger partial charge in [-0.3, -0.25) is 4.79 Å². The Morgan fingerprint density at radius 1 is 0.767 bits per heavy atom. The fourth-order valence-corrected chi connectivity index (χ4v) is 6.73. The topological polar surface area (TPSA) is 63.9 Å². The van der Waals surface area contributed by atoms with Gasteiger partial charge >= 0.3 is 5.97 Å². The van der Waals surface area contributed by atoms with Crippen LogP contribution in [0, 0.1) is 41.4 Å². The monoisotopic (exact) mass is 418 g/mol. The van der Waals surface area contributed by atoms with E-state index in [4.69, 9.17) is 18.9 Å². The lowest BCUT2D eigenvalue weighted by atomic mass is 9.80. The van der Waals surface area contributed by atoms with Crippen LogP contribution in [0.4, 0.5) is 0 Å². The molecule has 5 heteroatoms. The van der Waals surface area contributed by atoms with E-state index in [2.05, 4.69) is 13.8 Å². The zero-order valence-corrected chi connectivity index (χ0v) is 18.5. The fraction of sp³-hybridized carbons (Fsp3) is 0.960. The SMILES string of the molecule is C1CC2OC2CC1C1CO1.CC1CC2OC2CC1COC(=O)C1CC2CC2CC1C. The van der Waals surface area contributed by atoms with Crippen LogP contribution in [-0.4, -0.2) is 49.7 Å². The molecule has 7 rings (SSSR count). The van der Waals surface area contributed by atoms with Crippen molar-refractivity contribution >= 4 is 5.97 Å². The van der Waals surface area contributed by atoms with Gasteiger partial charge < -0.3 is 18.9 Å². The maximum Gasteiger partial charge on any atom is 0.309 e. The molecule has 12 unspecified atom stereocenters. The van der Waals surface area contributed by atoms with Gasteiger partial charge in [0.2, 0.25) is 0 Å². The van der Waals surface area contributed by atoms with E-state index in [0.29, 0.717) is 54.9 Å². The number of fused-ring (bicyclic) bond motifs is 3. The third kappa shape index (κ3) is 4.31. The van der Waals surface area contributed by atoms with E-state index in [1.165, 1.54) is 32.1 Å². The summed E-state index contributed by atoms with van der Waals surface area (Å²) in [6.07, 6.45) is 12.7. The smallest absolute Gasteiger partial charge is 0.309 e. The molecule has 12 atom stereocenters. The van der Waals surface area contributed by atoms with E-state index >= 15 is 0 Å². The predicted molar refractivity (Wildman–Crippen MR) is 111 cm³/mol. The molecule has 3 aliphatic heterocycles. The van der Waals surface area contributed by atoms with E-state index in [1.54, 1.807) is 0 Å². The molecule has 3 heterocycles. The highest BCUT2D eigenvalue weighted by molar-refractivity contribution is 5.73. The highest BCUT2D eigenvalue weighted by Crippen LogP contribution is 2.53. The minimum Gasteiger partial charge on any atom is -0.465 e. The predicted octanol–water partition coefficient (Wildman–Crippen LogP) is 3.98. The molecule has 7 fully saturated rings. The van der Waals surface area contributed by atoms with Crippen molar-refractivity contribution in [2.24, 2.45) is 41.4 Å². The van der Waals surface area contributed by atoms with Gasteiger partial charge in [0.15, 0.2) is 0 Å². The first kappa shape index (κ1) is 20.0. The first-order valence-electron chi connectivity index (χ1n) is 12.6. The molecular formula is C25H38O5.